The molecule has 1 saturated heterocycles. The molecule has 33 heavy (non-hydrogen) atoms. The van der Waals surface area contributed by atoms with Crippen molar-refractivity contribution in [3.05, 3.63) is 59.2 Å². The highest BCUT2D eigenvalue weighted by molar-refractivity contribution is 5.89. The third-order valence-electron chi connectivity index (χ3n) is 5.29. The first-order chi connectivity index (χ1) is 15.7. The van der Waals surface area contributed by atoms with Crippen molar-refractivity contribution in [2.24, 2.45) is 0 Å². The van der Waals surface area contributed by atoms with E-state index in [1.54, 1.807) is 11.8 Å². The molecular formula is C25H31FN2O5. The maximum atomic E-state index is 14.1. The van der Waals surface area contributed by atoms with Crippen molar-refractivity contribution in [2.75, 3.05) is 19.7 Å². The van der Waals surface area contributed by atoms with E-state index in [0.29, 0.717) is 30.5 Å². The maximum absolute atomic E-state index is 14.1. The van der Waals surface area contributed by atoms with E-state index < -0.39 is 17.4 Å². The molecule has 1 aromatic carbocycles. The molecule has 1 aromatic heterocycles. The van der Waals surface area contributed by atoms with Crippen LogP contribution in [0.3, 0.4) is 0 Å². The number of halogens is 1. The highest BCUT2D eigenvalue weighted by Crippen LogP contribution is 2.28. The molecule has 0 bridgehead atoms. The molecule has 0 spiro atoms. The molecule has 0 aliphatic carbocycles. The Labute approximate surface area is 193 Å². The number of pyridine rings is 1. The Morgan fingerprint density at radius 1 is 1.15 bits per heavy atom. The highest BCUT2D eigenvalue weighted by Gasteiger charge is 2.27. The lowest BCUT2D eigenvalue weighted by atomic mass is 9.90. The van der Waals surface area contributed by atoms with Crippen LogP contribution in [0.2, 0.25) is 0 Å². The second kappa shape index (κ2) is 10.6. The van der Waals surface area contributed by atoms with E-state index in [2.05, 4.69) is 4.98 Å². The fourth-order valence-electron chi connectivity index (χ4n) is 3.60. The topological polar surface area (TPSA) is 78.0 Å². The minimum atomic E-state index is -0.698. The van der Waals surface area contributed by atoms with Crippen LogP contribution in [0.1, 0.15) is 68.1 Å². The van der Waals surface area contributed by atoms with E-state index in [9.17, 15) is 14.0 Å². The van der Waals surface area contributed by atoms with Crippen molar-refractivity contribution in [2.45, 2.75) is 58.7 Å². The minimum Gasteiger partial charge on any atom is -0.487 e. The van der Waals surface area contributed by atoms with Crippen molar-refractivity contribution in [3.63, 3.8) is 0 Å². The molecule has 1 aliphatic heterocycles. The third kappa shape index (κ3) is 6.91. The van der Waals surface area contributed by atoms with E-state index in [-0.39, 0.29) is 24.9 Å². The zero-order valence-electron chi connectivity index (χ0n) is 19.6. The summed E-state index contributed by atoms with van der Waals surface area (Å²) in [5, 5.41) is 0. The van der Waals surface area contributed by atoms with Gasteiger partial charge in [-0.2, -0.15) is 0 Å². The van der Waals surface area contributed by atoms with Crippen LogP contribution in [0, 0.1) is 5.82 Å². The number of likely N-dealkylation sites (tertiary alicyclic amines) is 1. The van der Waals surface area contributed by atoms with Gasteiger partial charge in [0.05, 0.1) is 17.9 Å². The van der Waals surface area contributed by atoms with E-state index in [4.69, 9.17) is 14.2 Å². The van der Waals surface area contributed by atoms with Gasteiger partial charge >= 0.3 is 12.1 Å². The van der Waals surface area contributed by atoms with Crippen LogP contribution in [0.4, 0.5) is 9.18 Å². The molecule has 1 fully saturated rings. The molecule has 7 nitrogen and oxygen atoms in total. The van der Waals surface area contributed by atoms with Crippen LogP contribution in [-0.2, 0) is 16.1 Å². The lowest BCUT2D eigenvalue weighted by Gasteiger charge is -2.33. The van der Waals surface area contributed by atoms with Crippen molar-refractivity contribution in [1.82, 2.24) is 9.88 Å². The van der Waals surface area contributed by atoms with Gasteiger partial charge in [-0.1, -0.05) is 6.07 Å². The number of benzene rings is 1. The summed E-state index contributed by atoms with van der Waals surface area (Å²) in [5.41, 5.74) is 1.21. The first-order valence-electron chi connectivity index (χ1n) is 11.2. The minimum absolute atomic E-state index is 0.121. The molecule has 178 valence electrons. The van der Waals surface area contributed by atoms with Gasteiger partial charge in [0.25, 0.3) is 0 Å². The Morgan fingerprint density at radius 3 is 2.45 bits per heavy atom. The molecule has 0 unspecified atom stereocenters. The third-order valence-corrected chi connectivity index (χ3v) is 5.29. The quantitative estimate of drug-likeness (QED) is 0.561. The average molecular weight is 459 g/mol. The maximum Gasteiger partial charge on any atom is 0.410 e. The average Bonchev–Trinajstić information content (AvgIpc) is 2.77. The zero-order valence-corrected chi connectivity index (χ0v) is 19.6. The molecule has 8 heteroatoms. The van der Waals surface area contributed by atoms with Gasteiger partial charge < -0.3 is 19.1 Å². The van der Waals surface area contributed by atoms with Crippen molar-refractivity contribution >= 4 is 12.1 Å². The van der Waals surface area contributed by atoms with Gasteiger partial charge in [0.15, 0.2) is 0 Å². The lowest BCUT2D eigenvalue weighted by Crippen LogP contribution is -2.41. The van der Waals surface area contributed by atoms with Gasteiger partial charge in [-0.3, -0.25) is 4.98 Å². The van der Waals surface area contributed by atoms with Crippen LogP contribution in [0.15, 0.2) is 36.5 Å². The van der Waals surface area contributed by atoms with Crippen LogP contribution in [0.5, 0.6) is 5.75 Å². The summed E-state index contributed by atoms with van der Waals surface area (Å²) in [6.45, 7) is 8.92. The Kier molecular flexibility index (Phi) is 7.89. The van der Waals surface area contributed by atoms with Crippen molar-refractivity contribution in [3.8, 4) is 5.75 Å². The summed E-state index contributed by atoms with van der Waals surface area (Å²) in [6.07, 6.45) is 3.26. The zero-order chi connectivity index (χ0) is 24.0. The number of piperidine rings is 1. The molecular weight excluding hydrogens is 427 g/mol. The molecule has 0 saturated carbocycles. The monoisotopic (exact) mass is 458 g/mol. The Hall–Kier alpha value is -3.16. The number of hydrogen-bond acceptors (Lipinski definition) is 6. The molecule has 1 aliphatic rings. The molecule has 0 atom stereocenters. The molecule has 0 N–H and O–H groups in total. The summed E-state index contributed by atoms with van der Waals surface area (Å²) in [5.74, 6) is -0.751. The number of hydrogen-bond donors (Lipinski definition) is 0. The largest absolute Gasteiger partial charge is 0.487 e. The predicted octanol–water partition coefficient (Wildman–Crippen LogP) is 5.09. The van der Waals surface area contributed by atoms with E-state index in [1.807, 2.05) is 39.1 Å². The first-order valence-corrected chi connectivity index (χ1v) is 11.2. The number of aromatic nitrogens is 1. The Balaban J connectivity index is 1.50. The summed E-state index contributed by atoms with van der Waals surface area (Å²) < 4.78 is 30.0. The number of carbonyl (C=O) groups is 2. The normalized spacial score (nSPS) is 14.6. The Morgan fingerprint density at radius 2 is 1.88 bits per heavy atom. The highest BCUT2D eigenvalue weighted by atomic mass is 19.1. The van der Waals surface area contributed by atoms with E-state index in [1.165, 1.54) is 18.2 Å². The van der Waals surface area contributed by atoms with Gasteiger partial charge in [-0.15, -0.1) is 0 Å². The number of ether oxygens (including phenoxy) is 3. The summed E-state index contributed by atoms with van der Waals surface area (Å²) in [4.78, 5) is 30.1. The van der Waals surface area contributed by atoms with Gasteiger partial charge in [0.2, 0.25) is 0 Å². The van der Waals surface area contributed by atoms with Crippen molar-refractivity contribution < 1.29 is 28.2 Å². The summed E-state index contributed by atoms with van der Waals surface area (Å²) in [6, 6.07) is 7.95. The molecule has 3 rings (SSSR count). The van der Waals surface area contributed by atoms with Gasteiger partial charge in [-0.25, -0.2) is 14.0 Å². The summed E-state index contributed by atoms with van der Waals surface area (Å²) in [7, 11) is 0. The number of rotatable bonds is 6. The number of esters is 1. The first kappa shape index (κ1) is 24.5. The number of amides is 1. The van der Waals surface area contributed by atoms with E-state index in [0.717, 1.165) is 18.4 Å². The van der Waals surface area contributed by atoms with Crippen LogP contribution < -0.4 is 4.74 Å². The predicted molar refractivity (Wildman–Crippen MR) is 121 cm³/mol. The lowest BCUT2D eigenvalue weighted by molar-refractivity contribution is 0.0204. The van der Waals surface area contributed by atoms with Crippen LogP contribution in [0.25, 0.3) is 0 Å². The SMILES string of the molecule is CCOC(=O)c1ccc(OCc2ccc(C3CCN(C(=O)OC(C)(C)C)CC3)cn2)cc1F. The fraction of sp³-hybridized carbons (Fsp3) is 0.480. The smallest absolute Gasteiger partial charge is 0.410 e. The van der Waals surface area contributed by atoms with Crippen LogP contribution in [-0.4, -0.2) is 47.2 Å². The number of nitrogens with zero attached hydrogens (tertiary/aromatic N) is 2. The Bertz CT molecular complexity index is 964. The molecule has 1 amide bonds. The second-order valence-corrected chi connectivity index (χ2v) is 8.98. The van der Waals surface area contributed by atoms with Gasteiger partial charge in [-0.05, 0) is 70.2 Å². The van der Waals surface area contributed by atoms with Crippen LogP contribution >= 0.6 is 0 Å². The van der Waals surface area contributed by atoms with Gasteiger partial charge in [0, 0.05) is 25.4 Å². The fourth-order valence-corrected chi connectivity index (χ4v) is 3.60. The van der Waals surface area contributed by atoms with E-state index >= 15 is 0 Å². The second-order valence-electron chi connectivity index (χ2n) is 8.98. The summed E-state index contributed by atoms with van der Waals surface area (Å²) >= 11 is 0. The molecule has 2 heterocycles. The molecule has 2 aromatic rings. The molecule has 0 radical (unpaired) electrons. The van der Waals surface area contributed by atoms with Crippen molar-refractivity contribution in [1.29, 1.82) is 0 Å². The number of carbonyl (C=O) groups excluding carboxylic acids is 2. The standard InChI is InChI=1S/C25H31FN2O5/c1-5-31-23(29)21-9-8-20(14-22(21)26)32-16-19-7-6-18(15-27-19)17-10-12-28(13-11-17)24(30)33-25(2,3)4/h6-9,14-15,17H,5,10-13,16H2,1-4H3. The van der Waals surface area contributed by atoms with Gasteiger partial charge in [0.1, 0.15) is 23.8 Å².